The molecule has 1 aromatic heterocycles. The van der Waals surface area contributed by atoms with Crippen LogP contribution in [0.4, 0.5) is 5.69 Å². The lowest BCUT2D eigenvalue weighted by Crippen LogP contribution is -2.10. The van der Waals surface area contributed by atoms with Crippen LogP contribution in [0.3, 0.4) is 0 Å². The van der Waals surface area contributed by atoms with Crippen molar-refractivity contribution in [2.75, 3.05) is 5.32 Å². The highest BCUT2D eigenvalue weighted by Crippen LogP contribution is 2.29. The van der Waals surface area contributed by atoms with E-state index in [-0.39, 0.29) is 11.7 Å². The van der Waals surface area contributed by atoms with Crippen molar-refractivity contribution < 1.29 is 9.21 Å². The molecule has 30 heavy (non-hydrogen) atoms. The molecule has 4 aromatic rings. The Morgan fingerprint density at radius 2 is 1.47 bits per heavy atom. The molecule has 3 aromatic carbocycles. The minimum atomic E-state index is -0.325. The Balaban J connectivity index is 1.42. The second-order valence-corrected chi connectivity index (χ2v) is 7.43. The fourth-order valence-electron chi connectivity index (χ4n) is 2.89. The van der Waals surface area contributed by atoms with E-state index in [4.69, 9.17) is 27.6 Å². The average Bonchev–Trinajstić information content (AvgIpc) is 3.26. The number of carbonyl (C=O) groups excluding carboxylic acids is 1. The number of hydrogen-bond donors (Lipinski definition) is 1. The van der Waals surface area contributed by atoms with Crippen LogP contribution in [0.25, 0.3) is 23.5 Å². The van der Waals surface area contributed by atoms with Gasteiger partial charge in [-0.1, -0.05) is 77.8 Å². The molecule has 1 heterocycles. The van der Waals surface area contributed by atoms with Gasteiger partial charge >= 0.3 is 0 Å². The van der Waals surface area contributed by atoms with E-state index in [0.29, 0.717) is 21.5 Å². The van der Waals surface area contributed by atoms with E-state index < -0.39 is 0 Å². The third kappa shape index (κ3) is 4.82. The number of furan rings is 1. The summed E-state index contributed by atoms with van der Waals surface area (Å²) in [5, 5.41) is 3.73. The van der Waals surface area contributed by atoms with Gasteiger partial charge < -0.3 is 9.73 Å². The summed E-state index contributed by atoms with van der Waals surface area (Å²) >= 11 is 12.0. The molecule has 0 saturated carbocycles. The van der Waals surface area contributed by atoms with Crippen LogP contribution in [0, 0.1) is 0 Å². The molecule has 0 aliphatic heterocycles. The van der Waals surface area contributed by atoms with Crippen molar-refractivity contribution in [2.24, 2.45) is 0 Å². The van der Waals surface area contributed by atoms with E-state index >= 15 is 0 Å². The fourth-order valence-corrected chi connectivity index (χ4v) is 3.19. The topological polar surface area (TPSA) is 42.2 Å². The molecular weight excluding hydrogens is 417 g/mol. The van der Waals surface area contributed by atoms with Crippen molar-refractivity contribution in [1.29, 1.82) is 0 Å². The van der Waals surface area contributed by atoms with Crippen LogP contribution in [0.2, 0.25) is 10.0 Å². The van der Waals surface area contributed by atoms with Crippen LogP contribution in [-0.4, -0.2) is 5.91 Å². The summed E-state index contributed by atoms with van der Waals surface area (Å²) in [6, 6.07) is 26.2. The zero-order chi connectivity index (χ0) is 20.9. The van der Waals surface area contributed by atoms with Gasteiger partial charge in [-0.15, -0.1) is 0 Å². The summed E-state index contributed by atoms with van der Waals surface area (Å²) in [5.41, 5.74) is 3.60. The first kappa shape index (κ1) is 20.0. The molecule has 0 saturated heterocycles. The molecule has 4 rings (SSSR count). The van der Waals surface area contributed by atoms with E-state index in [1.807, 2.05) is 66.7 Å². The van der Waals surface area contributed by atoms with E-state index in [9.17, 15) is 4.79 Å². The molecule has 0 spiro atoms. The van der Waals surface area contributed by atoms with Crippen molar-refractivity contribution in [3.63, 3.8) is 0 Å². The lowest BCUT2D eigenvalue weighted by molar-refractivity contribution is 0.0997. The zero-order valence-corrected chi connectivity index (χ0v) is 17.3. The van der Waals surface area contributed by atoms with Crippen LogP contribution in [0.5, 0.6) is 0 Å². The molecule has 5 heteroatoms. The molecular formula is C25H17Cl2NO2. The SMILES string of the molecule is O=C(Nc1ccc(/C=C/c2ccccc2)cc1)c1ccc(-c2ccc(Cl)c(Cl)c2)o1. The molecule has 148 valence electrons. The van der Waals surface area contributed by atoms with Gasteiger partial charge in [0.15, 0.2) is 5.76 Å². The fraction of sp³-hybridized carbons (Fsp3) is 0. The predicted molar refractivity (Wildman–Crippen MR) is 124 cm³/mol. The second kappa shape index (κ2) is 9.04. The number of rotatable bonds is 5. The largest absolute Gasteiger partial charge is 0.451 e. The molecule has 0 aliphatic rings. The molecule has 1 amide bonds. The standard InChI is InChI=1S/C25H17Cl2NO2/c26-21-13-10-19(16-22(21)27)23-14-15-24(30-23)25(29)28-20-11-8-18(9-12-20)7-6-17-4-2-1-3-5-17/h1-16H,(H,28,29)/b7-6+. The Kier molecular flexibility index (Phi) is 6.03. The number of amides is 1. The first-order valence-corrected chi connectivity index (χ1v) is 10.0. The van der Waals surface area contributed by atoms with Gasteiger partial charge in [0.1, 0.15) is 5.76 Å². The number of carbonyl (C=O) groups is 1. The number of hydrogen-bond acceptors (Lipinski definition) is 2. The third-order valence-electron chi connectivity index (χ3n) is 4.47. The molecule has 0 aliphatic carbocycles. The van der Waals surface area contributed by atoms with Crippen LogP contribution >= 0.6 is 23.2 Å². The zero-order valence-electron chi connectivity index (χ0n) is 15.8. The van der Waals surface area contributed by atoms with Crippen molar-refractivity contribution in [3.8, 4) is 11.3 Å². The maximum absolute atomic E-state index is 12.5. The van der Waals surface area contributed by atoms with Crippen molar-refractivity contribution in [1.82, 2.24) is 0 Å². The smallest absolute Gasteiger partial charge is 0.291 e. The normalized spacial score (nSPS) is 11.0. The minimum Gasteiger partial charge on any atom is -0.451 e. The first-order valence-electron chi connectivity index (χ1n) is 9.28. The Morgan fingerprint density at radius 1 is 0.767 bits per heavy atom. The molecule has 0 atom stereocenters. The van der Waals surface area contributed by atoms with E-state index in [0.717, 1.165) is 16.7 Å². The second-order valence-electron chi connectivity index (χ2n) is 6.61. The van der Waals surface area contributed by atoms with E-state index in [2.05, 4.69) is 5.32 Å². The maximum atomic E-state index is 12.5. The summed E-state index contributed by atoms with van der Waals surface area (Å²) in [5.74, 6) is 0.429. The molecule has 3 nitrogen and oxygen atoms in total. The average molecular weight is 434 g/mol. The minimum absolute atomic E-state index is 0.212. The molecule has 0 bridgehead atoms. The van der Waals surface area contributed by atoms with Crippen LogP contribution in [0.15, 0.2) is 89.3 Å². The number of nitrogens with one attached hydrogen (secondary N) is 1. The van der Waals surface area contributed by atoms with Crippen LogP contribution in [-0.2, 0) is 0 Å². The summed E-state index contributed by atoms with van der Waals surface area (Å²) < 4.78 is 5.68. The summed E-state index contributed by atoms with van der Waals surface area (Å²) in [4.78, 5) is 12.5. The lowest BCUT2D eigenvalue weighted by atomic mass is 10.1. The highest BCUT2D eigenvalue weighted by Gasteiger charge is 2.13. The molecule has 0 unspecified atom stereocenters. The number of benzene rings is 3. The van der Waals surface area contributed by atoms with Gasteiger partial charge in [-0.3, -0.25) is 4.79 Å². The van der Waals surface area contributed by atoms with Crippen LogP contribution < -0.4 is 5.32 Å². The Hall–Kier alpha value is -3.27. The van der Waals surface area contributed by atoms with E-state index in [1.165, 1.54) is 0 Å². The van der Waals surface area contributed by atoms with Crippen molar-refractivity contribution >= 4 is 46.9 Å². The summed E-state index contributed by atoms with van der Waals surface area (Å²) in [6.45, 7) is 0. The van der Waals surface area contributed by atoms with Gasteiger partial charge in [0.25, 0.3) is 5.91 Å². The Morgan fingerprint density at radius 3 is 2.17 bits per heavy atom. The predicted octanol–water partition coefficient (Wildman–Crippen LogP) is 7.68. The molecule has 0 radical (unpaired) electrons. The van der Waals surface area contributed by atoms with Crippen LogP contribution in [0.1, 0.15) is 21.7 Å². The maximum Gasteiger partial charge on any atom is 0.291 e. The summed E-state index contributed by atoms with van der Waals surface area (Å²) in [6.07, 6.45) is 4.07. The van der Waals surface area contributed by atoms with E-state index in [1.54, 1.807) is 30.3 Å². The summed E-state index contributed by atoms with van der Waals surface area (Å²) in [7, 11) is 0. The molecule has 0 fully saturated rings. The van der Waals surface area contributed by atoms with Gasteiger partial charge in [-0.25, -0.2) is 0 Å². The molecule has 1 N–H and O–H groups in total. The first-order chi connectivity index (χ1) is 14.6. The van der Waals surface area contributed by atoms with Gasteiger partial charge in [-0.05, 0) is 53.6 Å². The van der Waals surface area contributed by atoms with Gasteiger partial charge in [0.2, 0.25) is 0 Å². The van der Waals surface area contributed by atoms with Gasteiger partial charge in [0.05, 0.1) is 10.0 Å². The third-order valence-corrected chi connectivity index (χ3v) is 5.21. The Bertz CT molecular complexity index is 1200. The van der Waals surface area contributed by atoms with Gasteiger partial charge in [-0.2, -0.15) is 0 Å². The monoisotopic (exact) mass is 433 g/mol. The quantitative estimate of drug-likeness (QED) is 0.328. The Labute approximate surface area is 184 Å². The highest BCUT2D eigenvalue weighted by molar-refractivity contribution is 6.42. The number of halogens is 2. The van der Waals surface area contributed by atoms with Crippen molar-refractivity contribution in [2.45, 2.75) is 0 Å². The number of anilines is 1. The van der Waals surface area contributed by atoms with Crippen molar-refractivity contribution in [3.05, 3.63) is 112 Å². The lowest BCUT2D eigenvalue weighted by Gasteiger charge is -2.04. The van der Waals surface area contributed by atoms with Gasteiger partial charge in [0, 0.05) is 11.3 Å². The highest BCUT2D eigenvalue weighted by atomic mass is 35.5.